The third kappa shape index (κ3) is 37.8. The van der Waals surface area contributed by atoms with Crippen LogP contribution in [0.5, 0.6) is 0 Å². The maximum atomic E-state index is 13.1. The highest BCUT2D eigenvalue weighted by atomic mass is 16.5. The Kier molecular flexibility index (Phi) is 42.1. The molecule has 6 nitrogen and oxygen atoms in total. The molecular formula is C48H95NO5. The molecule has 0 saturated carbocycles. The average molecular weight is 766 g/mol. The Balaban J connectivity index is 4.40. The Bertz CT molecular complexity index is 776. The van der Waals surface area contributed by atoms with E-state index in [0.29, 0.717) is 19.3 Å². The van der Waals surface area contributed by atoms with E-state index in [9.17, 15) is 19.8 Å². The van der Waals surface area contributed by atoms with Crippen LogP contribution >= 0.6 is 0 Å². The molecule has 0 aliphatic carbocycles. The number of carbonyl (C=O) groups excluding carboxylic acids is 2. The topological polar surface area (TPSA) is 95.9 Å². The second kappa shape index (κ2) is 43.0. The number of amides is 1. The molecule has 1 amide bonds. The molecule has 54 heavy (non-hydrogen) atoms. The number of nitrogens with one attached hydrogen (secondary N) is 1. The predicted molar refractivity (Wildman–Crippen MR) is 232 cm³/mol. The summed E-state index contributed by atoms with van der Waals surface area (Å²) >= 11 is 0. The highest BCUT2D eigenvalue weighted by Crippen LogP contribution is 2.18. The molecule has 3 atom stereocenters. The summed E-state index contributed by atoms with van der Waals surface area (Å²) in [5.41, 5.74) is 0. The smallest absolute Gasteiger partial charge is 0.306 e. The van der Waals surface area contributed by atoms with E-state index in [-0.39, 0.29) is 24.9 Å². The predicted octanol–water partition coefficient (Wildman–Crippen LogP) is 14.0. The Hall–Kier alpha value is -1.14. The molecule has 3 N–H and O–H groups in total. The lowest BCUT2D eigenvalue weighted by Crippen LogP contribution is -2.46. The van der Waals surface area contributed by atoms with E-state index in [1.165, 1.54) is 180 Å². The van der Waals surface area contributed by atoms with Gasteiger partial charge in [0.1, 0.15) is 6.10 Å². The molecule has 3 unspecified atom stereocenters. The second-order valence-corrected chi connectivity index (χ2v) is 16.9. The fourth-order valence-corrected chi connectivity index (χ4v) is 7.73. The zero-order valence-electron chi connectivity index (χ0n) is 36.6. The van der Waals surface area contributed by atoms with Crippen LogP contribution in [0, 0.1) is 0 Å². The van der Waals surface area contributed by atoms with E-state index in [2.05, 4.69) is 26.1 Å². The van der Waals surface area contributed by atoms with Crippen molar-refractivity contribution in [2.24, 2.45) is 0 Å². The number of esters is 1. The van der Waals surface area contributed by atoms with Gasteiger partial charge in [0.25, 0.3) is 0 Å². The quantitative estimate of drug-likeness (QED) is 0.0424. The van der Waals surface area contributed by atoms with E-state index in [0.717, 1.165) is 44.9 Å². The third-order valence-electron chi connectivity index (χ3n) is 11.4. The Morgan fingerprint density at radius 3 is 1.13 bits per heavy atom. The lowest BCUT2D eigenvalue weighted by atomic mass is 10.0. The van der Waals surface area contributed by atoms with E-state index in [1.54, 1.807) is 0 Å². The van der Waals surface area contributed by atoms with Gasteiger partial charge in [0.2, 0.25) is 5.91 Å². The van der Waals surface area contributed by atoms with Crippen LogP contribution in [0.3, 0.4) is 0 Å². The molecular weight excluding hydrogens is 671 g/mol. The highest BCUT2D eigenvalue weighted by Gasteiger charge is 2.24. The fourth-order valence-electron chi connectivity index (χ4n) is 7.73. The number of carbonyl (C=O) groups is 2. The molecule has 0 aliphatic rings. The summed E-state index contributed by atoms with van der Waals surface area (Å²) in [6, 6.07) is -0.690. The standard InChI is InChI=1S/C48H95NO5/c1-4-7-10-13-16-19-21-22-23-24-25-26-29-31-34-37-40-46(51)45(43-50)49-47(52)42-44(39-36-33-30-28-20-17-14-11-8-5-2)54-48(53)41-38-35-32-27-18-15-12-9-6-3/h44-46,50-51H,4-43H2,1-3H3,(H,49,52). The van der Waals surface area contributed by atoms with Crippen LogP contribution in [0.25, 0.3) is 0 Å². The van der Waals surface area contributed by atoms with E-state index >= 15 is 0 Å². The normalized spacial score (nSPS) is 13.2. The maximum Gasteiger partial charge on any atom is 0.306 e. The van der Waals surface area contributed by atoms with Crippen LogP contribution in [-0.4, -0.2) is 46.9 Å². The minimum absolute atomic E-state index is 0.0865. The van der Waals surface area contributed by atoms with Crippen molar-refractivity contribution in [1.82, 2.24) is 5.32 Å². The molecule has 0 radical (unpaired) electrons. The van der Waals surface area contributed by atoms with Gasteiger partial charge in [0, 0.05) is 6.42 Å². The first-order valence-electron chi connectivity index (χ1n) is 24.3. The number of unbranched alkanes of at least 4 members (excludes halogenated alkanes) is 32. The summed E-state index contributed by atoms with van der Waals surface area (Å²) < 4.78 is 5.89. The van der Waals surface area contributed by atoms with Gasteiger partial charge in [-0.1, -0.05) is 233 Å². The van der Waals surface area contributed by atoms with Crippen molar-refractivity contribution in [1.29, 1.82) is 0 Å². The first kappa shape index (κ1) is 52.9. The van der Waals surface area contributed by atoms with Crippen molar-refractivity contribution in [3.8, 4) is 0 Å². The van der Waals surface area contributed by atoms with Crippen LogP contribution in [0.2, 0.25) is 0 Å². The van der Waals surface area contributed by atoms with Crippen molar-refractivity contribution in [2.75, 3.05) is 6.61 Å². The SMILES string of the molecule is CCCCCCCCCCCCCCCCCCC(O)C(CO)NC(=O)CC(CCCCCCCCCCCC)OC(=O)CCCCCCCCCCC. The van der Waals surface area contributed by atoms with Gasteiger partial charge in [0.15, 0.2) is 0 Å². The monoisotopic (exact) mass is 766 g/mol. The molecule has 0 heterocycles. The highest BCUT2D eigenvalue weighted by molar-refractivity contribution is 5.77. The molecule has 0 aromatic rings. The summed E-state index contributed by atoms with van der Waals surface area (Å²) in [6.45, 7) is 6.47. The maximum absolute atomic E-state index is 13.1. The minimum atomic E-state index is -0.778. The van der Waals surface area contributed by atoms with E-state index in [1.807, 2.05) is 0 Å². The zero-order chi connectivity index (χ0) is 39.6. The summed E-state index contributed by atoms with van der Waals surface area (Å²) in [5.74, 6) is -0.460. The van der Waals surface area contributed by atoms with Crippen molar-refractivity contribution < 1.29 is 24.5 Å². The number of rotatable bonds is 44. The van der Waals surface area contributed by atoms with Gasteiger partial charge < -0.3 is 20.3 Å². The van der Waals surface area contributed by atoms with Gasteiger partial charge in [-0.15, -0.1) is 0 Å². The number of hydrogen-bond acceptors (Lipinski definition) is 5. The number of hydrogen-bond donors (Lipinski definition) is 3. The zero-order valence-corrected chi connectivity index (χ0v) is 36.6. The Morgan fingerprint density at radius 1 is 0.463 bits per heavy atom. The number of aliphatic hydroxyl groups excluding tert-OH is 2. The van der Waals surface area contributed by atoms with Crippen molar-refractivity contribution in [3.05, 3.63) is 0 Å². The molecule has 0 aromatic carbocycles. The van der Waals surface area contributed by atoms with Gasteiger partial charge in [-0.05, 0) is 25.7 Å². The summed E-state index contributed by atoms with van der Waals surface area (Å²) in [6.07, 6.45) is 44.5. The van der Waals surface area contributed by atoms with Gasteiger partial charge in [-0.2, -0.15) is 0 Å². The van der Waals surface area contributed by atoms with Gasteiger partial charge in [-0.25, -0.2) is 0 Å². The third-order valence-corrected chi connectivity index (χ3v) is 11.4. The minimum Gasteiger partial charge on any atom is -0.462 e. The van der Waals surface area contributed by atoms with Crippen LogP contribution in [0.1, 0.15) is 271 Å². The Morgan fingerprint density at radius 2 is 0.778 bits per heavy atom. The van der Waals surface area contributed by atoms with Crippen molar-refractivity contribution >= 4 is 11.9 Å². The second-order valence-electron chi connectivity index (χ2n) is 16.9. The molecule has 6 heteroatoms. The summed E-state index contributed by atoms with van der Waals surface area (Å²) in [5, 5.41) is 23.7. The summed E-state index contributed by atoms with van der Waals surface area (Å²) in [7, 11) is 0. The molecule has 322 valence electrons. The van der Waals surface area contributed by atoms with Crippen molar-refractivity contribution in [3.63, 3.8) is 0 Å². The molecule has 0 bridgehead atoms. The molecule has 0 aromatic heterocycles. The molecule has 0 aliphatic heterocycles. The first-order chi connectivity index (χ1) is 26.5. The molecule has 0 rings (SSSR count). The largest absolute Gasteiger partial charge is 0.462 e. The summed E-state index contributed by atoms with van der Waals surface area (Å²) in [4.78, 5) is 25.9. The van der Waals surface area contributed by atoms with Crippen LogP contribution in [0.4, 0.5) is 0 Å². The molecule has 0 saturated heterocycles. The van der Waals surface area contributed by atoms with Crippen molar-refractivity contribution in [2.45, 2.75) is 289 Å². The fraction of sp³-hybridized carbons (Fsp3) is 0.958. The molecule has 0 fully saturated rings. The van der Waals surface area contributed by atoms with Crippen LogP contribution in [0.15, 0.2) is 0 Å². The lowest BCUT2D eigenvalue weighted by molar-refractivity contribution is -0.151. The first-order valence-corrected chi connectivity index (χ1v) is 24.3. The molecule has 0 spiro atoms. The van der Waals surface area contributed by atoms with Crippen LogP contribution < -0.4 is 5.32 Å². The van der Waals surface area contributed by atoms with E-state index < -0.39 is 18.2 Å². The Labute approximate surface area is 336 Å². The van der Waals surface area contributed by atoms with Gasteiger partial charge in [-0.3, -0.25) is 9.59 Å². The van der Waals surface area contributed by atoms with Gasteiger partial charge >= 0.3 is 5.97 Å². The average Bonchev–Trinajstić information content (AvgIpc) is 3.16. The van der Waals surface area contributed by atoms with E-state index in [4.69, 9.17) is 4.74 Å². The van der Waals surface area contributed by atoms with Crippen LogP contribution in [-0.2, 0) is 14.3 Å². The lowest BCUT2D eigenvalue weighted by Gasteiger charge is -2.24. The van der Waals surface area contributed by atoms with Gasteiger partial charge in [0.05, 0.1) is 25.2 Å². The number of aliphatic hydroxyl groups is 2. The number of ether oxygens (including phenoxy) is 1.